The lowest BCUT2D eigenvalue weighted by molar-refractivity contribution is 0.123. The highest BCUT2D eigenvalue weighted by atomic mass is 15.3. The first-order valence-corrected chi connectivity index (χ1v) is 7.51. The SMILES string of the molecule is Cc1c(N)cccc1CN1CCN(CC2CC2)CC1. The number of hydrogen-bond acceptors (Lipinski definition) is 3. The van der Waals surface area contributed by atoms with Crippen LogP contribution in [0, 0.1) is 12.8 Å². The largest absolute Gasteiger partial charge is 0.399 e. The van der Waals surface area contributed by atoms with Crippen LogP contribution in [0.4, 0.5) is 5.69 Å². The minimum absolute atomic E-state index is 0.921. The second-order valence-corrected chi connectivity index (χ2v) is 6.15. The second-order valence-electron chi connectivity index (χ2n) is 6.15. The number of benzene rings is 1. The van der Waals surface area contributed by atoms with E-state index in [4.69, 9.17) is 5.73 Å². The Hall–Kier alpha value is -1.06. The van der Waals surface area contributed by atoms with Crippen LogP contribution in [0.1, 0.15) is 24.0 Å². The lowest BCUT2D eigenvalue weighted by atomic mass is 10.1. The smallest absolute Gasteiger partial charge is 0.0346 e. The van der Waals surface area contributed by atoms with Gasteiger partial charge < -0.3 is 10.6 Å². The van der Waals surface area contributed by atoms with Crippen LogP contribution in [0.15, 0.2) is 18.2 Å². The van der Waals surface area contributed by atoms with Gasteiger partial charge >= 0.3 is 0 Å². The molecule has 1 aliphatic carbocycles. The maximum atomic E-state index is 5.98. The summed E-state index contributed by atoms with van der Waals surface area (Å²) in [6, 6.07) is 6.27. The van der Waals surface area contributed by atoms with Crippen molar-refractivity contribution in [2.75, 3.05) is 38.5 Å². The van der Waals surface area contributed by atoms with E-state index in [1.54, 1.807) is 0 Å². The van der Waals surface area contributed by atoms with Crippen LogP contribution in [-0.4, -0.2) is 42.5 Å². The molecule has 3 heteroatoms. The summed E-state index contributed by atoms with van der Waals surface area (Å²) in [4.78, 5) is 5.20. The van der Waals surface area contributed by atoms with Crippen LogP contribution in [0.3, 0.4) is 0 Å². The Morgan fingerprint density at radius 3 is 2.47 bits per heavy atom. The van der Waals surface area contributed by atoms with Gasteiger partial charge in [0.2, 0.25) is 0 Å². The Morgan fingerprint density at radius 2 is 1.79 bits per heavy atom. The van der Waals surface area contributed by atoms with E-state index in [2.05, 4.69) is 28.9 Å². The third kappa shape index (κ3) is 3.28. The number of nitrogens with two attached hydrogens (primary N) is 1. The normalized spacial score (nSPS) is 21.7. The van der Waals surface area contributed by atoms with E-state index < -0.39 is 0 Å². The molecule has 2 N–H and O–H groups in total. The van der Waals surface area contributed by atoms with E-state index in [1.165, 1.54) is 56.7 Å². The lowest BCUT2D eigenvalue weighted by Crippen LogP contribution is -2.46. The van der Waals surface area contributed by atoms with Crippen molar-refractivity contribution in [3.63, 3.8) is 0 Å². The predicted octanol–water partition coefficient (Wildman–Crippen LogP) is 2.10. The zero-order valence-corrected chi connectivity index (χ0v) is 11.9. The Balaban J connectivity index is 1.52. The minimum Gasteiger partial charge on any atom is -0.399 e. The molecule has 0 unspecified atom stereocenters. The number of anilines is 1. The molecule has 0 atom stereocenters. The maximum Gasteiger partial charge on any atom is 0.0346 e. The van der Waals surface area contributed by atoms with Gasteiger partial charge in [-0.1, -0.05) is 12.1 Å². The van der Waals surface area contributed by atoms with Gasteiger partial charge in [-0.2, -0.15) is 0 Å². The summed E-state index contributed by atoms with van der Waals surface area (Å²) in [6.07, 6.45) is 2.92. The molecular weight excluding hydrogens is 234 g/mol. The molecule has 1 saturated carbocycles. The number of piperazine rings is 1. The molecule has 2 fully saturated rings. The summed E-state index contributed by atoms with van der Waals surface area (Å²) < 4.78 is 0. The van der Waals surface area contributed by atoms with Crippen LogP contribution >= 0.6 is 0 Å². The van der Waals surface area contributed by atoms with Gasteiger partial charge in [0, 0.05) is 45.0 Å². The van der Waals surface area contributed by atoms with Gasteiger partial charge in [0.25, 0.3) is 0 Å². The Kier molecular flexibility index (Phi) is 3.76. The molecule has 1 aliphatic heterocycles. The molecule has 1 saturated heterocycles. The summed E-state index contributed by atoms with van der Waals surface area (Å²) in [5.74, 6) is 1.02. The summed E-state index contributed by atoms with van der Waals surface area (Å²) >= 11 is 0. The van der Waals surface area contributed by atoms with Crippen molar-refractivity contribution < 1.29 is 0 Å². The molecule has 0 spiro atoms. The zero-order valence-electron chi connectivity index (χ0n) is 11.9. The molecule has 2 aliphatic rings. The van der Waals surface area contributed by atoms with Gasteiger partial charge in [-0.3, -0.25) is 4.90 Å². The average molecular weight is 259 g/mol. The third-order valence-corrected chi connectivity index (χ3v) is 4.56. The van der Waals surface area contributed by atoms with E-state index >= 15 is 0 Å². The molecule has 1 aromatic rings. The van der Waals surface area contributed by atoms with Crippen molar-refractivity contribution in [1.82, 2.24) is 9.80 Å². The molecule has 19 heavy (non-hydrogen) atoms. The number of hydrogen-bond donors (Lipinski definition) is 1. The molecule has 0 radical (unpaired) electrons. The van der Waals surface area contributed by atoms with E-state index in [0.29, 0.717) is 0 Å². The van der Waals surface area contributed by atoms with Crippen LogP contribution in [0.2, 0.25) is 0 Å². The quantitative estimate of drug-likeness (QED) is 0.841. The first-order valence-electron chi connectivity index (χ1n) is 7.51. The second kappa shape index (κ2) is 5.51. The van der Waals surface area contributed by atoms with Crippen molar-refractivity contribution in [3.8, 4) is 0 Å². The number of nitrogens with zero attached hydrogens (tertiary/aromatic N) is 2. The van der Waals surface area contributed by atoms with Crippen molar-refractivity contribution in [2.24, 2.45) is 5.92 Å². The average Bonchev–Trinajstić information content (AvgIpc) is 3.21. The predicted molar refractivity (Wildman–Crippen MR) is 80.0 cm³/mol. The van der Waals surface area contributed by atoms with Crippen molar-refractivity contribution in [1.29, 1.82) is 0 Å². The van der Waals surface area contributed by atoms with Crippen molar-refractivity contribution in [3.05, 3.63) is 29.3 Å². The first-order chi connectivity index (χ1) is 9.22. The van der Waals surface area contributed by atoms with Gasteiger partial charge in [0.05, 0.1) is 0 Å². The lowest BCUT2D eigenvalue weighted by Gasteiger charge is -2.35. The molecule has 0 amide bonds. The highest BCUT2D eigenvalue weighted by molar-refractivity contribution is 5.49. The Bertz CT molecular complexity index is 432. The van der Waals surface area contributed by atoms with Crippen LogP contribution in [0.5, 0.6) is 0 Å². The fraction of sp³-hybridized carbons (Fsp3) is 0.625. The molecular formula is C16H25N3. The van der Waals surface area contributed by atoms with Gasteiger partial charge in [0.15, 0.2) is 0 Å². The van der Waals surface area contributed by atoms with Crippen molar-refractivity contribution in [2.45, 2.75) is 26.3 Å². The molecule has 1 aromatic carbocycles. The Labute approximate surface area is 116 Å². The summed E-state index contributed by atoms with van der Waals surface area (Å²) in [5.41, 5.74) is 9.54. The maximum absolute atomic E-state index is 5.98. The third-order valence-electron chi connectivity index (χ3n) is 4.56. The topological polar surface area (TPSA) is 32.5 Å². The molecule has 3 nitrogen and oxygen atoms in total. The number of nitrogen functional groups attached to an aromatic ring is 1. The molecule has 104 valence electrons. The van der Waals surface area contributed by atoms with Crippen molar-refractivity contribution >= 4 is 5.69 Å². The van der Waals surface area contributed by atoms with Gasteiger partial charge in [-0.15, -0.1) is 0 Å². The summed E-state index contributed by atoms with van der Waals surface area (Å²) in [5, 5.41) is 0. The Morgan fingerprint density at radius 1 is 1.11 bits per heavy atom. The van der Waals surface area contributed by atoms with Gasteiger partial charge in [0.1, 0.15) is 0 Å². The van der Waals surface area contributed by atoms with Gasteiger partial charge in [-0.25, -0.2) is 0 Å². The molecule has 0 bridgehead atoms. The minimum atomic E-state index is 0.921. The summed E-state index contributed by atoms with van der Waals surface area (Å²) in [7, 11) is 0. The van der Waals surface area contributed by atoms with E-state index in [1.807, 2.05) is 6.07 Å². The molecule has 0 aromatic heterocycles. The summed E-state index contributed by atoms with van der Waals surface area (Å²) in [6.45, 7) is 9.38. The van der Waals surface area contributed by atoms with Crippen LogP contribution in [0.25, 0.3) is 0 Å². The van der Waals surface area contributed by atoms with Crippen LogP contribution in [-0.2, 0) is 6.54 Å². The fourth-order valence-electron chi connectivity index (χ4n) is 2.91. The standard InChI is InChI=1S/C16H25N3/c1-13-15(3-2-4-16(13)17)12-19-9-7-18(8-10-19)11-14-5-6-14/h2-4,14H,5-12,17H2,1H3. The van der Waals surface area contributed by atoms with E-state index in [-0.39, 0.29) is 0 Å². The van der Waals surface area contributed by atoms with E-state index in [9.17, 15) is 0 Å². The molecule has 3 rings (SSSR count). The highest BCUT2D eigenvalue weighted by Gasteiger charge is 2.26. The fourth-order valence-corrected chi connectivity index (χ4v) is 2.91. The monoisotopic (exact) mass is 259 g/mol. The number of rotatable bonds is 4. The van der Waals surface area contributed by atoms with E-state index in [0.717, 1.165) is 18.2 Å². The van der Waals surface area contributed by atoms with Crippen LogP contribution < -0.4 is 5.73 Å². The van der Waals surface area contributed by atoms with Gasteiger partial charge in [-0.05, 0) is 42.9 Å². The highest BCUT2D eigenvalue weighted by Crippen LogP contribution is 2.30. The molecule has 1 heterocycles. The first kappa shape index (κ1) is 12.9. The zero-order chi connectivity index (χ0) is 13.2.